The van der Waals surface area contributed by atoms with Crippen LogP contribution in [-0.4, -0.2) is 55.8 Å². The number of carbonyl (C=O) groups excluding carboxylic acids is 1. The zero-order chi connectivity index (χ0) is 21.9. The zero-order valence-corrected chi connectivity index (χ0v) is 18.1. The van der Waals surface area contributed by atoms with Crippen molar-refractivity contribution < 1.29 is 26.7 Å². The molecule has 2 aromatic rings. The summed E-state index contributed by atoms with van der Waals surface area (Å²) in [6.07, 6.45) is -1.30. The minimum absolute atomic E-state index is 0.0125. The zero-order valence-electron chi connectivity index (χ0n) is 16.4. The molecule has 8 nitrogen and oxygen atoms in total. The van der Waals surface area contributed by atoms with Crippen LogP contribution in [0.4, 0.5) is 0 Å². The van der Waals surface area contributed by atoms with Crippen LogP contribution < -0.4 is 5.32 Å². The lowest BCUT2D eigenvalue weighted by Gasteiger charge is -2.29. The van der Waals surface area contributed by atoms with Gasteiger partial charge in [0.25, 0.3) is 0 Å². The van der Waals surface area contributed by atoms with Crippen molar-refractivity contribution in [3.8, 4) is 0 Å². The van der Waals surface area contributed by atoms with Gasteiger partial charge in [-0.2, -0.15) is 4.31 Å². The molecule has 162 valence electrons. The van der Waals surface area contributed by atoms with Crippen molar-refractivity contribution >= 4 is 25.8 Å². The highest BCUT2D eigenvalue weighted by Crippen LogP contribution is 2.27. The number of aliphatic hydroxyl groups excluding tert-OH is 1. The summed E-state index contributed by atoms with van der Waals surface area (Å²) in [6.45, 7) is 1.60. The maximum absolute atomic E-state index is 13.4. The number of nitrogens with one attached hydrogen (secondary N) is 1. The predicted octanol–water partition coefficient (Wildman–Crippen LogP) is 0.672. The molecule has 0 aliphatic carbocycles. The highest BCUT2D eigenvalue weighted by Gasteiger charge is 2.44. The van der Waals surface area contributed by atoms with Crippen molar-refractivity contribution in [3.63, 3.8) is 0 Å². The standard InChI is InChI=1S/C20H24N2O6S2/c1-15(23)21-11-16-7-9-18(10-8-16)30(27,28)22(12-17-5-3-2-4-6-17)19-13-29(25,26)14-20(19)24/h2-10,19-20,24H,11-14H2,1H3,(H,21,23)/t19-,20-/m0/s1. The highest BCUT2D eigenvalue weighted by atomic mass is 32.2. The molecule has 0 aromatic heterocycles. The Balaban J connectivity index is 1.94. The number of rotatable bonds is 7. The number of sulfone groups is 1. The maximum atomic E-state index is 13.4. The van der Waals surface area contributed by atoms with E-state index in [0.717, 1.165) is 9.87 Å². The summed E-state index contributed by atoms with van der Waals surface area (Å²) in [4.78, 5) is 11.0. The van der Waals surface area contributed by atoms with Crippen molar-refractivity contribution in [1.29, 1.82) is 0 Å². The number of benzene rings is 2. The van der Waals surface area contributed by atoms with Crippen molar-refractivity contribution in [3.05, 3.63) is 65.7 Å². The summed E-state index contributed by atoms with van der Waals surface area (Å²) in [7, 11) is -7.64. The van der Waals surface area contributed by atoms with Gasteiger partial charge in [-0.15, -0.1) is 0 Å². The van der Waals surface area contributed by atoms with Gasteiger partial charge in [0, 0.05) is 20.0 Å². The Labute approximate surface area is 176 Å². The molecule has 0 bridgehead atoms. The number of nitrogens with zero attached hydrogens (tertiary/aromatic N) is 1. The van der Waals surface area contributed by atoms with Gasteiger partial charge in [-0.1, -0.05) is 42.5 Å². The van der Waals surface area contributed by atoms with E-state index in [2.05, 4.69) is 5.32 Å². The highest BCUT2D eigenvalue weighted by molar-refractivity contribution is 7.92. The van der Waals surface area contributed by atoms with E-state index in [9.17, 15) is 26.7 Å². The molecule has 1 saturated heterocycles. The molecule has 0 radical (unpaired) electrons. The third-order valence-corrected chi connectivity index (χ3v) is 8.50. The normalized spacial score (nSPS) is 20.9. The molecule has 1 heterocycles. The summed E-state index contributed by atoms with van der Waals surface area (Å²) in [6, 6.07) is 13.8. The number of aliphatic hydroxyl groups is 1. The molecule has 0 spiro atoms. The first-order chi connectivity index (χ1) is 14.1. The van der Waals surface area contributed by atoms with Gasteiger partial charge in [-0.3, -0.25) is 4.79 Å². The van der Waals surface area contributed by atoms with Crippen LogP contribution in [0.2, 0.25) is 0 Å². The second-order valence-electron chi connectivity index (χ2n) is 7.30. The Kier molecular flexibility index (Phi) is 6.61. The van der Waals surface area contributed by atoms with Crippen LogP contribution >= 0.6 is 0 Å². The molecule has 30 heavy (non-hydrogen) atoms. The molecule has 2 atom stereocenters. The number of amides is 1. The molecule has 2 N–H and O–H groups in total. The Hall–Kier alpha value is -2.27. The Morgan fingerprint density at radius 2 is 1.70 bits per heavy atom. The van der Waals surface area contributed by atoms with E-state index in [1.54, 1.807) is 42.5 Å². The lowest BCUT2D eigenvalue weighted by atomic mass is 10.2. The van der Waals surface area contributed by atoms with E-state index in [1.807, 2.05) is 0 Å². The molecule has 0 saturated carbocycles. The molecule has 2 aromatic carbocycles. The Bertz CT molecular complexity index is 1100. The second-order valence-corrected chi connectivity index (χ2v) is 11.3. The van der Waals surface area contributed by atoms with Crippen LogP contribution in [0.15, 0.2) is 59.5 Å². The fourth-order valence-corrected chi connectivity index (χ4v) is 6.91. The van der Waals surface area contributed by atoms with E-state index >= 15 is 0 Å². The first-order valence-corrected chi connectivity index (χ1v) is 12.6. The fraction of sp³-hybridized carbons (Fsp3) is 0.350. The first kappa shape index (κ1) is 22.4. The van der Waals surface area contributed by atoms with E-state index in [-0.39, 0.29) is 23.9 Å². The third kappa shape index (κ3) is 5.25. The molecule has 10 heteroatoms. The number of carbonyl (C=O) groups is 1. The van der Waals surface area contributed by atoms with Crippen molar-refractivity contribution in [2.75, 3.05) is 11.5 Å². The van der Waals surface area contributed by atoms with Crippen LogP contribution in [0.25, 0.3) is 0 Å². The van der Waals surface area contributed by atoms with Gasteiger partial charge >= 0.3 is 0 Å². The lowest BCUT2D eigenvalue weighted by molar-refractivity contribution is -0.119. The average molecular weight is 453 g/mol. The van der Waals surface area contributed by atoms with Gasteiger partial charge in [0.1, 0.15) is 0 Å². The van der Waals surface area contributed by atoms with Crippen molar-refractivity contribution in [2.45, 2.75) is 37.1 Å². The lowest BCUT2D eigenvalue weighted by Crippen LogP contribution is -2.46. The fourth-order valence-electron chi connectivity index (χ4n) is 3.37. The van der Waals surface area contributed by atoms with Crippen LogP contribution in [0.5, 0.6) is 0 Å². The summed E-state index contributed by atoms with van der Waals surface area (Å²) in [5, 5.41) is 13.0. The van der Waals surface area contributed by atoms with Crippen molar-refractivity contribution in [2.24, 2.45) is 0 Å². The van der Waals surface area contributed by atoms with Crippen LogP contribution in [0.3, 0.4) is 0 Å². The van der Waals surface area contributed by atoms with Crippen molar-refractivity contribution in [1.82, 2.24) is 9.62 Å². The Morgan fingerprint density at radius 1 is 1.07 bits per heavy atom. The van der Waals surface area contributed by atoms with Gasteiger partial charge in [-0.05, 0) is 23.3 Å². The van der Waals surface area contributed by atoms with Crippen LogP contribution in [-0.2, 0) is 37.7 Å². The van der Waals surface area contributed by atoms with Gasteiger partial charge in [0.15, 0.2) is 9.84 Å². The molecular formula is C20H24N2O6S2. The van der Waals surface area contributed by atoms with E-state index in [4.69, 9.17) is 0 Å². The molecule has 0 unspecified atom stereocenters. The minimum Gasteiger partial charge on any atom is -0.390 e. The first-order valence-electron chi connectivity index (χ1n) is 9.36. The van der Waals surface area contributed by atoms with E-state index in [1.165, 1.54) is 19.1 Å². The van der Waals surface area contributed by atoms with E-state index < -0.39 is 43.5 Å². The van der Waals surface area contributed by atoms with Gasteiger partial charge in [0.2, 0.25) is 15.9 Å². The average Bonchev–Trinajstić information content (AvgIpc) is 2.97. The van der Waals surface area contributed by atoms with Gasteiger partial charge in [-0.25, -0.2) is 16.8 Å². The summed E-state index contributed by atoms with van der Waals surface area (Å²) < 4.78 is 51.9. The van der Waals surface area contributed by atoms with Crippen LogP contribution in [0, 0.1) is 0 Å². The quantitative estimate of drug-likeness (QED) is 0.637. The molecule has 1 amide bonds. The molecule has 1 aliphatic rings. The monoisotopic (exact) mass is 452 g/mol. The number of hydrogen-bond acceptors (Lipinski definition) is 6. The van der Waals surface area contributed by atoms with E-state index in [0.29, 0.717) is 5.56 Å². The second kappa shape index (κ2) is 8.84. The summed E-state index contributed by atoms with van der Waals surface area (Å²) >= 11 is 0. The topological polar surface area (TPSA) is 121 Å². The predicted molar refractivity (Wildman–Crippen MR) is 112 cm³/mol. The van der Waals surface area contributed by atoms with Gasteiger partial charge in [0.05, 0.1) is 28.5 Å². The maximum Gasteiger partial charge on any atom is 0.243 e. The van der Waals surface area contributed by atoms with Crippen LogP contribution in [0.1, 0.15) is 18.1 Å². The molecule has 3 rings (SSSR count). The largest absolute Gasteiger partial charge is 0.390 e. The third-order valence-electron chi connectivity index (χ3n) is 4.92. The SMILES string of the molecule is CC(=O)NCc1ccc(S(=O)(=O)N(Cc2ccccc2)[C@H]2CS(=O)(=O)C[C@@H]2O)cc1. The molecule has 1 aliphatic heterocycles. The minimum atomic E-state index is -4.09. The Morgan fingerprint density at radius 3 is 2.23 bits per heavy atom. The molecular weight excluding hydrogens is 428 g/mol. The summed E-state index contributed by atoms with van der Waals surface area (Å²) in [5.41, 5.74) is 1.40. The number of sulfonamides is 1. The smallest absolute Gasteiger partial charge is 0.243 e. The number of hydrogen-bond donors (Lipinski definition) is 2. The summed E-state index contributed by atoms with van der Waals surface area (Å²) in [5.74, 6) is -1.09. The molecule has 1 fully saturated rings. The van der Waals surface area contributed by atoms with Gasteiger partial charge < -0.3 is 10.4 Å².